The highest BCUT2D eigenvalue weighted by Crippen LogP contribution is 2.18. The molecule has 0 saturated carbocycles. The molecule has 2 aromatic rings. The number of nitrogens with zero attached hydrogens (tertiary/aromatic N) is 1. The summed E-state index contributed by atoms with van der Waals surface area (Å²) < 4.78 is 0. The van der Waals surface area contributed by atoms with E-state index in [1.807, 2.05) is 42.5 Å². The van der Waals surface area contributed by atoms with Crippen LogP contribution < -0.4 is 5.32 Å². The van der Waals surface area contributed by atoms with Gasteiger partial charge in [0.2, 0.25) is 11.8 Å². The van der Waals surface area contributed by atoms with Crippen molar-refractivity contribution in [3.8, 4) is 0 Å². The van der Waals surface area contributed by atoms with Crippen molar-refractivity contribution in [1.82, 2.24) is 10.2 Å². The second-order valence-electron chi connectivity index (χ2n) is 5.47. The predicted octanol–water partition coefficient (Wildman–Crippen LogP) is 2.70. The molecule has 0 bridgehead atoms. The normalized spacial score (nSPS) is 10.2. The molecule has 0 spiro atoms. The van der Waals surface area contributed by atoms with Crippen molar-refractivity contribution in [2.45, 2.75) is 6.42 Å². The monoisotopic (exact) mass is 322 g/mol. The van der Waals surface area contributed by atoms with Crippen LogP contribution in [0.15, 0.2) is 67.8 Å². The fraction of sp³-hybridized carbons (Fsp3) is 0.200. The van der Waals surface area contributed by atoms with Crippen LogP contribution in [0, 0.1) is 0 Å². The summed E-state index contributed by atoms with van der Waals surface area (Å²) in [5.41, 5.74) is 0.951. The zero-order chi connectivity index (χ0) is 17.4. The van der Waals surface area contributed by atoms with Gasteiger partial charge in [0.05, 0.1) is 13.0 Å². The van der Waals surface area contributed by atoms with Crippen LogP contribution in [0.25, 0.3) is 10.8 Å². The van der Waals surface area contributed by atoms with E-state index in [1.54, 1.807) is 17.1 Å². The second-order valence-corrected chi connectivity index (χ2v) is 5.47. The first-order valence-electron chi connectivity index (χ1n) is 7.88. The van der Waals surface area contributed by atoms with Gasteiger partial charge in [-0.05, 0) is 16.3 Å². The van der Waals surface area contributed by atoms with Gasteiger partial charge in [-0.1, -0.05) is 54.6 Å². The molecular formula is C20H22N2O2. The Kier molecular flexibility index (Phi) is 6.32. The van der Waals surface area contributed by atoms with Gasteiger partial charge in [-0.2, -0.15) is 0 Å². The molecule has 0 aliphatic heterocycles. The number of carbonyl (C=O) groups excluding carboxylic acids is 2. The molecule has 0 aliphatic rings. The van der Waals surface area contributed by atoms with Crippen LogP contribution >= 0.6 is 0 Å². The van der Waals surface area contributed by atoms with Crippen LogP contribution in [-0.2, 0) is 16.0 Å². The number of nitrogens with one attached hydrogen (secondary N) is 1. The maximum atomic E-state index is 12.2. The number of amides is 2. The van der Waals surface area contributed by atoms with Crippen molar-refractivity contribution < 1.29 is 9.59 Å². The third kappa shape index (κ3) is 4.56. The number of benzene rings is 2. The third-order valence-electron chi connectivity index (χ3n) is 3.72. The molecule has 2 aromatic carbocycles. The highest BCUT2D eigenvalue weighted by molar-refractivity contribution is 5.91. The van der Waals surface area contributed by atoms with E-state index in [2.05, 4.69) is 18.5 Å². The second kappa shape index (κ2) is 8.67. The zero-order valence-corrected chi connectivity index (χ0v) is 13.7. The maximum Gasteiger partial charge on any atom is 0.242 e. The van der Waals surface area contributed by atoms with Gasteiger partial charge >= 0.3 is 0 Å². The van der Waals surface area contributed by atoms with Gasteiger partial charge in [-0.15, -0.1) is 13.2 Å². The summed E-state index contributed by atoms with van der Waals surface area (Å²) in [4.78, 5) is 25.9. The summed E-state index contributed by atoms with van der Waals surface area (Å²) in [6.07, 6.45) is 3.55. The van der Waals surface area contributed by atoms with E-state index in [0.29, 0.717) is 13.1 Å². The van der Waals surface area contributed by atoms with Gasteiger partial charge in [-0.25, -0.2) is 0 Å². The van der Waals surface area contributed by atoms with Crippen molar-refractivity contribution in [3.63, 3.8) is 0 Å². The molecule has 4 heteroatoms. The number of fused-ring (bicyclic) bond motifs is 1. The average Bonchev–Trinajstić information content (AvgIpc) is 2.60. The Labute approximate surface area is 142 Å². The molecule has 124 valence electrons. The minimum absolute atomic E-state index is 0.0225. The first-order valence-corrected chi connectivity index (χ1v) is 7.88. The lowest BCUT2D eigenvalue weighted by atomic mass is 10.0. The fourth-order valence-electron chi connectivity index (χ4n) is 2.56. The van der Waals surface area contributed by atoms with Crippen LogP contribution in [0.3, 0.4) is 0 Å². The highest BCUT2D eigenvalue weighted by atomic mass is 16.2. The lowest BCUT2D eigenvalue weighted by Gasteiger charge is -2.19. The van der Waals surface area contributed by atoms with Crippen molar-refractivity contribution >= 4 is 22.6 Å². The van der Waals surface area contributed by atoms with E-state index in [9.17, 15) is 9.59 Å². The zero-order valence-electron chi connectivity index (χ0n) is 13.7. The van der Waals surface area contributed by atoms with Crippen LogP contribution in [0.5, 0.6) is 0 Å². The topological polar surface area (TPSA) is 49.4 Å². The van der Waals surface area contributed by atoms with Crippen LogP contribution in [0.1, 0.15) is 5.56 Å². The van der Waals surface area contributed by atoms with Gasteiger partial charge in [0, 0.05) is 13.1 Å². The van der Waals surface area contributed by atoms with Crippen molar-refractivity contribution in [2.75, 3.05) is 19.6 Å². The SMILES string of the molecule is C=CCN(CC=C)C(=O)CNC(=O)Cc1cccc2ccccc12. The van der Waals surface area contributed by atoms with E-state index in [1.165, 1.54) is 0 Å². The summed E-state index contributed by atoms with van der Waals surface area (Å²) in [7, 11) is 0. The molecule has 0 aliphatic carbocycles. The summed E-state index contributed by atoms with van der Waals surface area (Å²) in [6.45, 7) is 8.11. The van der Waals surface area contributed by atoms with Crippen LogP contribution in [0.4, 0.5) is 0 Å². The van der Waals surface area contributed by atoms with Gasteiger partial charge in [0.25, 0.3) is 0 Å². The van der Waals surface area contributed by atoms with Gasteiger partial charge in [0.15, 0.2) is 0 Å². The first kappa shape index (κ1) is 17.5. The molecule has 2 amide bonds. The number of carbonyl (C=O) groups is 2. The van der Waals surface area contributed by atoms with Gasteiger partial charge in [0.1, 0.15) is 0 Å². The van der Waals surface area contributed by atoms with Crippen LogP contribution in [0.2, 0.25) is 0 Å². The Hall–Kier alpha value is -2.88. The molecular weight excluding hydrogens is 300 g/mol. The van der Waals surface area contributed by atoms with E-state index in [0.717, 1.165) is 16.3 Å². The summed E-state index contributed by atoms with van der Waals surface area (Å²) in [5, 5.41) is 4.85. The predicted molar refractivity (Wildman–Crippen MR) is 97.6 cm³/mol. The summed E-state index contributed by atoms with van der Waals surface area (Å²) >= 11 is 0. The Morgan fingerprint density at radius 1 is 1.00 bits per heavy atom. The molecule has 0 atom stereocenters. The van der Waals surface area contributed by atoms with E-state index in [-0.39, 0.29) is 24.8 Å². The molecule has 0 saturated heterocycles. The molecule has 1 N–H and O–H groups in total. The Morgan fingerprint density at radius 3 is 2.38 bits per heavy atom. The highest BCUT2D eigenvalue weighted by Gasteiger charge is 2.13. The Bertz CT molecular complexity index is 737. The minimum atomic E-state index is -0.170. The molecule has 4 nitrogen and oxygen atoms in total. The third-order valence-corrected chi connectivity index (χ3v) is 3.72. The van der Waals surface area contributed by atoms with Crippen LogP contribution in [-0.4, -0.2) is 36.3 Å². The number of hydrogen-bond acceptors (Lipinski definition) is 2. The smallest absolute Gasteiger partial charge is 0.242 e. The average molecular weight is 322 g/mol. The molecule has 0 radical (unpaired) electrons. The summed E-state index contributed by atoms with van der Waals surface area (Å²) in [5.74, 6) is -0.321. The van der Waals surface area contributed by atoms with E-state index >= 15 is 0 Å². The lowest BCUT2D eigenvalue weighted by molar-refractivity contribution is -0.131. The van der Waals surface area contributed by atoms with Gasteiger partial charge in [-0.3, -0.25) is 9.59 Å². The van der Waals surface area contributed by atoms with Crippen molar-refractivity contribution in [1.29, 1.82) is 0 Å². The number of rotatable bonds is 8. The van der Waals surface area contributed by atoms with E-state index < -0.39 is 0 Å². The molecule has 24 heavy (non-hydrogen) atoms. The van der Waals surface area contributed by atoms with Crippen molar-refractivity contribution in [3.05, 3.63) is 73.3 Å². The largest absolute Gasteiger partial charge is 0.347 e. The molecule has 0 unspecified atom stereocenters. The van der Waals surface area contributed by atoms with Gasteiger partial charge < -0.3 is 10.2 Å². The van der Waals surface area contributed by atoms with E-state index in [4.69, 9.17) is 0 Å². The molecule has 0 heterocycles. The Balaban J connectivity index is 1.96. The molecule has 0 fully saturated rings. The quantitative estimate of drug-likeness (QED) is 0.760. The Morgan fingerprint density at radius 2 is 1.67 bits per heavy atom. The lowest BCUT2D eigenvalue weighted by Crippen LogP contribution is -2.40. The standard InChI is InChI=1S/C20H22N2O2/c1-3-12-22(13-4-2)20(24)15-21-19(23)14-17-10-7-9-16-8-5-6-11-18(16)17/h3-11H,1-2,12-15H2,(H,21,23). The minimum Gasteiger partial charge on any atom is -0.347 e. The fourth-order valence-corrected chi connectivity index (χ4v) is 2.56. The first-order chi connectivity index (χ1) is 11.7. The molecule has 0 aromatic heterocycles. The van der Waals surface area contributed by atoms with Crippen molar-refractivity contribution in [2.24, 2.45) is 0 Å². The molecule has 2 rings (SSSR count). The number of hydrogen-bond donors (Lipinski definition) is 1. The maximum absolute atomic E-state index is 12.2. The summed E-state index contributed by atoms with van der Waals surface area (Å²) in [6, 6.07) is 13.8.